The maximum atomic E-state index is 11.8. The van der Waals surface area contributed by atoms with Crippen molar-refractivity contribution in [2.24, 2.45) is 0 Å². The number of amides is 1. The number of hydrogen-bond donors (Lipinski definition) is 1. The Hall–Kier alpha value is -1.78. The van der Waals surface area contributed by atoms with Crippen LogP contribution in [0.5, 0.6) is 5.75 Å². The first-order chi connectivity index (χ1) is 10.6. The fourth-order valence-corrected chi connectivity index (χ4v) is 2.49. The fraction of sp³-hybridized carbons (Fsp3) is 0.118. The molecular weight excluding hydrogens is 366 g/mol. The first-order valence-corrected chi connectivity index (χ1v) is 7.79. The highest BCUT2D eigenvalue weighted by Gasteiger charge is 2.00. The van der Waals surface area contributed by atoms with Crippen LogP contribution < -0.4 is 10.1 Å². The number of rotatable bonds is 5. The summed E-state index contributed by atoms with van der Waals surface area (Å²) in [6.07, 6.45) is 3.26. The van der Waals surface area contributed by atoms with Crippen molar-refractivity contribution >= 4 is 39.5 Å². The number of hydrogen-bond acceptors (Lipinski definition) is 2. The van der Waals surface area contributed by atoms with Gasteiger partial charge in [0.25, 0.3) is 0 Å². The highest BCUT2D eigenvalue weighted by Crippen LogP contribution is 2.25. The van der Waals surface area contributed by atoms with Gasteiger partial charge in [0, 0.05) is 17.6 Å². The molecule has 0 aliphatic carbocycles. The van der Waals surface area contributed by atoms with Gasteiger partial charge in [-0.3, -0.25) is 4.79 Å². The molecule has 0 fully saturated rings. The van der Waals surface area contributed by atoms with Gasteiger partial charge in [-0.1, -0.05) is 29.8 Å². The number of methoxy groups -OCH3 is 1. The quantitative estimate of drug-likeness (QED) is 0.779. The Balaban J connectivity index is 1.91. The Morgan fingerprint density at radius 1 is 1.27 bits per heavy atom. The molecule has 2 rings (SSSR count). The molecule has 5 heteroatoms. The summed E-state index contributed by atoms with van der Waals surface area (Å²) in [5.74, 6) is 0.603. The van der Waals surface area contributed by atoms with Crippen LogP contribution >= 0.6 is 27.5 Å². The predicted molar refractivity (Wildman–Crippen MR) is 93.0 cm³/mol. The van der Waals surface area contributed by atoms with Crippen LogP contribution in [0.25, 0.3) is 6.08 Å². The minimum Gasteiger partial charge on any atom is -0.496 e. The van der Waals surface area contributed by atoms with Crippen LogP contribution in [0.4, 0.5) is 0 Å². The van der Waals surface area contributed by atoms with E-state index >= 15 is 0 Å². The number of benzene rings is 2. The Morgan fingerprint density at radius 3 is 2.64 bits per heavy atom. The molecule has 0 aliphatic heterocycles. The van der Waals surface area contributed by atoms with Gasteiger partial charge in [-0.25, -0.2) is 0 Å². The summed E-state index contributed by atoms with van der Waals surface area (Å²) in [6, 6.07) is 13.0. The topological polar surface area (TPSA) is 38.3 Å². The zero-order valence-electron chi connectivity index (χ0n) is 12.0. The van der Waals surface area contributed by atoms with Gasteiger partial charge >= 0.3 is 0 Å². The van der Waals surface area contributed by atoms with Gasteiger partial charge in [0.15, 0.2) is 0 Å². The van der Waals surface area contributed by atoms with Gasteiger partial charge in [0.05, 0.1) is 11.6 Å². The monoisotopic (exact) mass is 379 g/mol. The summed E-state index contributed by atoms with van der Waals surface area (Å²) in [5, 5.41) is 3.50. The van der Waals surface area contributed by atoms with Crippen molar-refractivity contribution in [2.75, 3.05) is 7.11 Å². The number of carbonyl (C=O) groups excluding carboxylic acids is 1. The van der Waals surface area contributed by atoms with Crippen molar-refractivity contribution in [1.82, 2.24) is 5.32 Å². The Bertz CT molecular complexity index is 684. The van der Waals surface area contributed by atoms with Crippen LogP contribution in [-0.4, -0.2) is 13.0 Å². The van der Waals surface area contributed by atoms with E-state index in [0.717, 1.165) is 21.3 Å². The SMILES string of the molecule is COc1ccc(C=CC(=O)NCc2ccc(Cl)cc2)cc1Br. The highest BCUT2D eigenvalue weighted by atomic mass is 79.9. The average Bonchev–Trinajstić information content (AvgIpc) is 2.52. The van der Waals surface area contributed by atoms with Crippen LogP contribution in [0, 0.1) is 0 Å². The zero-order valence-corrected chi connectivity index (χ0v) is 14.3. The largest absolute Gasteiger partial charge is 0.496 e. The Kier molecular flexibility index (Phi) is 6.04. The van der Waals surface area contributed by atoms with E-state index < -0.39 is 0 Å². The molecule has 0 atom stereocenters. The van der Waals surface area contributed by atoms with Gasteiger partial charge in [0.2, 0.25) is 5.91 Å². The van der Waals surface area contributed by atoms with E-state index in [-0.39, 0.29) is 5.91 Å². The van der Waals surface area contributed by atoms with E-state index in [1.165, 1.54) is 6.08 Å². The lowest BCUT2D eigenvalue weighted by atomic mass is 10.2. The molecule has 0 radical (unpaired) electrons. The lowest BCUT2D eigenvalue weighted by Gasteiger charge is -2.04. The normalized spacial score (nSPS) is 10.7. The minimum absolute atomic E-state index is 0.151. The molecule has 0 spiro atoms. The molecule has 1 N–H and O–H groups in total. The molecular formula is C17H15BrClNO2. The molecule has 0 bridgehead atoms. The van der Waals surface area contributed by atoms with E-state index in [4.69, 9.17) is 16.3 Å². The summed E-state index contributed by atoms with van der Waals surface area (Å²) in [4.78, 5) is 11.8. The van der Waals surface area contributed by atoms with Crippen molar-refractivity contribution in [3.63, 3.8) is 0 Å². The average molecular weight is 381 g/mol. The third-order valence-electron chi connectivity index (χ3n) is 2.98. The number of nitrogens with one attached hydrogen (secondary N) is 1. The molecule has 0 saturated carbocycles. The molecule has 1 amide bonds. The van der Waals surface area contributed by atoms with Gasteiger partial charge in [-0.2, -0.15) is 0 Å². The van der Waals surface area contributed by atoms with Crippen molar-refractivity contribution in [1.29, 1.82) is 0 Å². The van der Waals surface area contributed by atoms with Crippen LogP contribution in [0.3, 0.4) is 0 Å². The summed E-state index contributed by atoms with van der Waals surface area (Å²) in [6.45, 7) is 0.465. The van der Waals surface area contributed by atoms with E-state index in [1.54, 1.807) is 25.3 Å². The predicted octanol–water partition coefficient (Wildman–Crippen LogP) is 4.44. The summed E-state index contributed by atoms with van der Waals surface area (Å²) >= 11 is 9.23. The Labute approximate surface area is 143 Å². The minimum atomic E-state index is -0.151. The smallest absolute Gasteiger partial charge is 0.244 e. The number of halogens is 2. The van der Waals surface area contributed by atoms with Gasteiger partial charge in [0.1, 0.15) is 5.75 Å². The molecule has 0 aromatic heterocycles. The standard InChI is InChI=1S/C17H15BrClNO2/c1-22-16-8-4-12(10-15(16)18)5-9-17(21)20-11-13-2-6-14(19)7-3-13/h2-10H,11H2,1H3,(H,20,21). The second kappa shape index (κ2) is 8.01. The lowest BCUT2D eigenvalue weighted by Crippen LogP contribution is -2.20. The maximum Gasteiger partial charge on any atom is 0.244 e. The Morgan fingerprint density at radius 2 is 2.00 bits per heavy atom. The molecule has 3 nitrogen and oxygen atoms in total. The first-order valence-electron chi connectivity index (χ1n) is 6.62. The molecule has 0 unspecified atom stereocenters. The molecule has 2 aromatic rings. The number of carbonyl (C=O) groups is 1. The molecule has 22 heavy (non-hydrogen) atoms. The summed E-state index contributed by atoms with van der Waals surface area (Å²) in [7, 11) is 1.61. The van der Waals surface area contributed by atoms with E-state index in [2.05, 4.69) is 21.2 Å². The highest BCUT2D eigenvalue weighted by molar-refractivity contribution is 9.10. The fourth-order valence-electron chi connectivity index (χ4n) is 1.81. The maximum absolute atomic E-state index is 11.8. The van der Waals surface area contributed by atoms with E-state index in [0.29, 0.717) is 11.6 Å². The van der Waals surface area contributed by atoms with E-state index in [9.17, 15) is 4.79 Å². The van der Waals surface area contributed by atoms with Crippen molar-refractivity contribution < 1.29 is 9.53 Å². The van der Waals surface area contributed by atoms with E-state index in [1.807, 2.05) is 30.3 Å². The van der Waals surface area contributed by atoms with Gasteiger partial charge < -0.3 is 10.1 Å². The number of ether oxygens (including phenoxy) is 1. The van der Waals surface area contributed by atoms with Crippen LogP contribution in [0.15, 0.2) is 53.0 Å². The first kappa shape index (κ1) is 16.6. The van der Waals surface area contributed by atoms with Crippen molar-refractivity contribution in [3.8, 4) is 5.75 Å². The van der Waals surface area contributed by atoms with Crippen LogP contribution in [0.2, 0.25) is 5.02 Å². The van der Waals surface area contributed by atoms with Crippen LogP contribution in [-0.2, 0) is 11.3 Å². The molecule has 0 heterocycles. The molecule has 2 aromatic carbocycles. The summed E-state index contributed by atoms with van der Waals surface area (Å²) < 4.78 is 6.01. The van der Waals surface area contributed by atoms with Crippen molar-refractivity contribution in [3.05, 3.63) is 69.2 Å². The van der Waals surface area contributed by atoms with Crippen molar-refractivity contribution in [2.45, 2.75) is 6.54 Å². The third-order valence-corrected chi connectivity index (χ3v) is 3.85. The van der Waals surface area contributed by atoms with Gasteiger partial charge in [-0.15, -0.1) is 0 Å². The van der Waals surface area contributed by atoms with Crippen LogP contribution in [0.1, 0.15) is 11.1 Å². The zero-order chi connectivity index (χ0) is 15.9. The molecule has 0 aliphatic rings. The van der Waals surface area contributed by atoms with Gasteiger partial charge in [-0.05, 0) is 57.4 Å². The lowest BCUT2D eigenvalue weighted by molar-refractivity contribution is -0.116. The third kappa shape index (κ3) is 4.90. The second-order valence-corrected chi connectivity index (χ2v) is 5.86. The summed E-state index contributed by atoms with van der Waals surface area (Å²) in [5.41, 5.74) is 1.91. The second-order valence-electron chi connectivity index (χ2n) is 4.57. The molecule has 0 saturated heterocycles. The molecule has 114 valence electrons.